The highest BCUT2D eigenvalue weighted by Crippen LogP contribution is 1.95. The second kappa shape index (κ2) is 7.93. The van der Waals surface area contributed by atoms with Crippen molar-refractivity contribution in [3.05, 3.63) is 12.7 Å². The first-order chi connectivity index (χ1) is 6.10. The van der Waals surface area contributed by atoms with E-state index >= 15 is 0 Å². The van der Waals surface area contributed by atoms with E-state index in [4.69, 9.17) is 0 Å². The van der Waals surface area contributed by atoms with Crippen molar-refractivity contribution >= 4 is 17.9 Å². The van der Waals surface area contributed by atoms with Crippen LogP contribution in [-0.4, -0.2) is 25.0 Å². The van der Waals surface area contributed by atoms with Crippen molar-refractivity contribution in [3.63, 3.8) is 0 Å². The first-order valence-electron chi connectivity index (χ1n) is 3.54. The Labute approximate surface area is 81.5 Å². The number of rotatable bonds is 4. The molecule has 0 heterocycles. The molecule has 6 nitrogen and oxygen atoms in total. The van der Waals surface area contributed by atoms with E-state index in [0.717, 1.165) is 6.08 Å². The van der Waals surface area contributed by atoms with E-state index in [1.807, 2.05) is 0 Å². The van der Waals surface area contributed by atoms with Crippen molar-refractivity contribution in [3.8, 4) is 0 Å². The van der Waals surface area contributed by atoms with Gasteiger partial charge in [0.1, 0.15) is 0 Å². The molecule has 0 rings (SSSR count). The van der Waals surface area contributed by atoms with Crippen LogP contribution in [0.25, 0.3) is 0 Å². The van der Waals surface area contributed by atoms with Gasteiger partial charge in [-0.3, -0.25) is 9.59 Å². The van der Waals surface area contributed by atoms with E-state index in [1.54, 1.807) is 0 Å². The second-order valence-corrected chi connectivity index (χ2v) is 2.07. The number of carbonyl (C=O) groups is 3. The van der Waals surface area contributed by atoms with E-state index in [2.05, 4.69) is 16.1 Å². The van der Waals surface area contributed by atoms with Crippen LogP contribution in [0.1, 0.15) is 12.8 Å². The van der Waals surface area contributed by atoms with E-state index in [9.17, 15) is 14.4 Å². The molecule has 0 spiro atoms. The number of esters is 3. The van der Waals surface area contributed by atoms with Crippen LogP contribution >= 0.6 is 0 Å². The maximum absolute atomic E-state index is 10.7. The summed E-state index contributed by atoms with van der Waals surface area (Å²) >= 11 is 0. The molecular weight excluding hydrogens is 190 g/mol. The fourth-order valence-corrected chi connectivity index (χ4v) is 0.511. The third-order valence-corrected chi connectivity index (χ3v) is 1.14. The van der Waals surface area contributed by atoms with Gasteiger partial charge in [0.05, 0.1) is 20.0 Å². The quantitative estimate of drug-likeness (QED) is 0.401. The lowest BCUT2D eigenvalue weighted by Crippen LogP contribution is -2.12. The maximum atomic E-state index is 10.7. The topological polar surface area (TPSA) is 105 Å². The van der Waals surface area contributed by atoms with Crippen molar-refractivity contribution in [2.75, 3.05) is 7.11 Å². The Morgan fingerprint density at radius 3 is 2.14 bits per heavy atom. The van der Waals surface area contributed by atoms with Crippen LogP contribution in [0.2, 0.25) is 0 Å². The largest absolute Gasteiger partial charge is 0.469 e. The van der Waals surface area contributed by atoms with Crippen LogP contribution in [0.4, 0.5) is 0 Å². The summed E-state index contributed by atoms with van der Waals surface area (Å²) in [5.41, 5.74) is 0. The summed E-state index contributed by atoms with van der Waals surface area (Å²) in [5, 5.41) is 0. The van der Waals surface area contributed by atoms with E-state index in [-0.39, 0.29) is 19.0 Å². The molecule has 3 N–H and O–H groups in total. The van der Waals surface area contributed by atoms with Crippen LogP contribution < -0.4 is 6.15 Å². The summed E-state index contributed by atoms with van der Waals surface area (Å²) in [6, 6.07) is 0. The molecule has 6 heteroatoms. The third-order valence-electron chi connectivity index (χ3n) is 1.14. The minimum absolute atomic E-state index is 0. The number of ether oxygens (including phenoxy) is 2. The number of carbonyl (C=O) groups excluding carboxylic acids is 3. The first kappa shape index (κ1) is 14.8. The van der Waals surface area contributed by atoms with Gasteiger partial charge in [0, 0.05) is 6.08 Å². The molecule has 0 aromatic heterocycles. The van der Waals surface area contributed by atoms with Gasteiger partial charge in [-0.15, -0.1) is 0 Å². The normalized spacial score (nSPS) is 8.07. The summed E-state index contributed by atoms with van der Waals surface area (Å²) in [6.07, 6.45) is 0.599. The first-order valence-corrected chi connectivity index (χ1v) is 3.54. The van der Waals surface area contributed by atoms with Crippen molar-refractivity contribution in [2.45, 2.75) is 12.8 Å². The average Bonchev–Trinajstić information content (AvgIpc) is 2.13. The SMILES string of the molecule is C=CC(=O)OC(=O)CCC(=O)OC.N. The minimum Gasteiger partial charge on any atom is -0.469 e. The second-order valence-electron chi connectivity index (χ2n) is 2.07. The molecule has 0 unspecified atom stereocenters. The highest BCUT2D eigenvalue weighted by atomic mass is 16.6. The highest BCUT2D eigenvalue weighted by molar-refractivity contribution is 5.92. The van der Waals surface area contributed by atoms with Crippen molar-refractivity contribution in [1.29, 1.82) is 0 Å². The lowest BCUT2D eigenvalue weighted by Gasteiger charge is -1.98. The van der Waals surface area contributed by atoms with Crippen LogP contribution in [-0.2, 0) is 23.9 Å². The molecule has 0 radical (unpaired) electrons. The molecule has 0 saturated carbocycles. The smallest absolute Gasteiger partial charge is 0.337 e. The third kappa shape index (κ3) is 6.99. The van der Waals surface area contributed by atoms with E-state index in [1.165, 1.54) is 7.11 Å². The molecule has 80 valence electrons. The van der Waals surface area contributed by atoms with Gasteiger partial charge < -0.3 is 15.6 Å². The summed E-state index contributed by atoms with van der Waals surface area (Å²) in [4.78, 5) is 31.7. The molecule has 0 aromatic carbocycles. The van der Waals surface area contributed by atoms with Gasteiger partial charge in [0.25, 0.3) is 0 Å². The Morgan fingerprint density at radius 1 is 1.21 bits per heavy atom. The van der Waals surface area contributed by atoms with E-state index < -0.39 is 17.9 Å². The predicted molar refractivity (Wildman–Crippen MR) is 47.6 cm³/mol. The van der Waals surface area contributed by atoms with E-state index in [0.29, 0.717) is 0 Å². The van der Waals surface area contributed by atoms with Gasteiger partial charge >= 0.3 is 17.9 Å². The van der Waals surface area contributed by atoms with Crippen molar-refractivity contribution in [1.82, 2.24) is 6.15 Å². The molecular formula is C8H13NO5. The summed E-state index contributed by atoms with van der Waals surface area (Å²) < 4.78 is 8.47. The van der Waals surface area contributed by atoms with Crippen LogP contribution in [0.3, 0.4) is 0 Å². The van der Waals surface area contributed by atoms with Gasteiger partial charge in [-0.2, -0.15) is 0 Å². The van der Waals surface area contributed by atoms with Gasteiger partial charge in [-0.25, -0.2) is 4.79 Å². The average molecular weight is 203 g/mol. The predicted octanol–water partition coefficient (Wildman–Crippen LogP) is 0.357. The number of methoxy groups -OCH3 is 1. The van der Waals surface area contributed by atoms with Crippen LogP contribution in [0, 0.1) is 0 Å². The Hall–Kier alpha value is -1.69. The van der Waals surface area contributed by atoms with Gasteiger partial charge in [-0.05, 0) is 0 Å². The fraction of sp³-hybridized carbons (Fsp3) is 0.375. The molecule has 0 fully saturated rings. The Morgan fingerprint density at radius 2 is 1.71 bits per heavy atom. The zero-order valence-corrected chi connectivity index (χ0v) is 7.95. The Balaban J connectivity index is 0. The van der Waals surface area contributed by atoms with Crippen molar-refractivity contribution < 1.29 is 23.9 Å². The Bertz CT molecular complexity index is 236. The molecule has 0 bridgehead atoms. The van der Waals surface area contributed by atoms with Crippen LogP contribution in [0.15, 0.2) is 12.7 Å². The van der Waals surface area contributed by atoms with Gasteiger partial charge in [0.2, 0.25) is 0 Å². The molecule has 0 aliphatic heterocycles. The minimum atomic E-state index is -0.824. The van der Waals surface area contributed by atoms with Crippen molar-refractivity contribution in [2.24, 2.45) is 0 Å². The number of hydrogen-bond acceptors (Lipinski definition) is 6. The number of hydrogen-bond donors (Lipinski definition) is 1. The van der Waals surface area contributed by atoms with Gasteiger partial charge in [-0.1, -0.05) is 6.58 Å². The standard InChI is InChI=1S/C8H10O5.H3N/c1-3-6(9)13-8(11)5-4-7(10)12-2;/h3H,1,4-5H2,2H3;1H3. The molecule has 14 heavy (non-hydrogen) atoms. The molecule has 0 saturated heterocycles. The lowest BCUT2D eigenvalue weighted by molar-refractivity contribution is -0.158. The zero-order chi connectivity index (χ0) is 10.3. The lowest BCUT2D eigenvalue weighted by atomic mass is 10.3. The maximum Gasteiger partial charge on any atom is 0.337 e. The molecule has 0 aliphatic rings. The zero-order valence-electron chi connectivity index (χ0n) is 7.95. The molecule has 0 amide bonds. The summed E-state index contributed by atoms with van der Waals surface area (Å²) in [5.74, 6) is -2.12. The molecule has 0 aliphatic carbocycles. The van der Waals surface area contributed by atoms with Crippen LogP contribution in [0.5, 0.6) is 0 Å². The Kier molecular flexibility index (Phi) is 8.39. The monoisotopic (exact) mass is 203 g/mol. The summed E-state index contributed by atoms with van der Waals surface area (Å²) in [7, 11) is 1.21. The van der Waals surface area contributed by atoms with Gasteiger partial charge in [0.15, 0.2) is 0 Å². The highest BCUT2D eigenvalue weighted by Gasteiger charge is 2.10. The molecule has 0 aromatic rings. The fourth-order valence-electron chi connectivity index (χ4n) is 0.511. The molecule has 0 atom stereocenters. The summed E-state index contributed by atoms with van der Waals surface area (Å²) in [6.45, 7) is 3.11.